The molecule has 4 unspecified atom stereocenters. The smallest absolute Gasteiger partial charge is 0.338 e. The van der Waals surface area contributed by atoms with Gasteiger partial charge in [-0.05, 0) is 30.2 Å². The number of benzene rings is 2. The van der Waals surface area contributed by atoms with Gasteiger partial charge in [-0.1, -0.05) is 54.6 Å². The predicted octanol–water partition coefficient (Wildman–Crippen LogP) is 3.92. The average Bonchev–Trinajstić information content (AvgIpc) is 3.27. The molecular formula is C25H24O5. The summed E-state index contributed by atoms with van der Waals surface area (Å²) in [5.41, 5.74) is 1.60. The van der Waals surface area contributed by atoms with Crippen LogP contribution in [-0.2, 0) is 25.5 Å². The van der Waals surface area contributed by atoms with Gasteiger partial charge in [0.2, 0.25) is 0 Å². The van der Waals surface area contributed by atoms with Crippen molar-refractivity contribution in [2.75, 3.05) is 0 Å². The maximum absolute atomic E-state index is 12.5. The molecule has 5 nitrogen and oxygen atoms in total. The first kappa shape index (κ1) is 20.1. The molecule has 1 saturated heterocycles. The van der Waals surface area contributed by atoms with Gasteiger partial charge in [0.15, 0.2) is 5.78 Å². The van der Waals surface area contributed by atoms with Crippen molar-refractivity contribution in [3.05, 3.63) is 83.9 Å². The Kier molecular flexibility index (Phi) is 6.07. The molecule has 1 aliphatic heterocycles. The largest absolute Gasteiger partial charge is 0.462 e. The van der Waals surface area contributed by atoms with Gasteiger partial charge >= 0.3 is 11.9 Å². The molecule has 30 heavy (non-hydrogen) atoms. The van der Waals surface area contributed by atoms with Gasteiger partial charge in [-0.3, -0.25) is 9.59 Å². The molecule has 1 saturated carbocycles. The van der Waals surface area contributed by atoms with E-state index in [2.05, 4.69) is 0 Å². The zero-order chi connectivity index (χ0) is 20.9. The van der Waals surface area contributed by atoms with Crippen molar-refractivity contribution < 1.29 is 23.9 Å². The van der Waals surface area contributed by atoms with Crippen molar-refractivity contribution in [3.8, 4) is 0 Å². The Morgan fingerprint density at radius 1 is 1.03 bits per heavy atom. The van der Waals surface area contributed by atoms with E-state index in [0.717, 1.165) is 5.56 Å². The summed E-state index contributed by atoms with van der Waals surface area (Å²) in [5.74, 6) is -0.896. The molecule has 4 rings (SSSR count). The van der Waals surface area contributed by atoms with Crippen LogP contribution in [0.3, 0.4) is 0 Å². The summed E-state index contributed by atoms with van der Waals surface area (Å²) in [6, 6.07) is 18.7. The summed E-state index contributed by atoms with van der Waals surface area (Å²) in [6.07, 6.45) is 4.53. The van der Waals surface area contributed by atoms with Crippen LogP contribution in [0, 0.1) is 11.8 Å². The van der Waals surface area contributed by atoms with E-state index in [-0.39, 0.29) is 36.1 Å². The van der Waals surface area contributed by atoms with Gasteiger partial charge in [-0.2, -0.15) is 0 Å². The summed E-state index contributed by atoms with van der Waals surface area (Å²) in [5, 5.41) is 0. The summed E-state index contributed by atoms with van der Waals surface area (Å²) in [7, 11) is 0. The van der Waals surface area contributed by atoms with Gasteiger partial charge in [-0.25, -0.2) is 4.79 Å². The Balaban J connectivity index is 1.42. The fourth-order valence-corrected chi connectivity index (χ4v) is 4.28. The lowest BCUT2D eigenvalue weighted by molar-refractivity contribution is -0.141. The van der Waals surface area contributed by atoms with Crippen LogP contribution in [0.2, 0.25) is 0 Å². The number of rotatable bonds is 7. The standard InChI is InChI=1S/C25H24O5/c26-19(12-11-17-7-3-1-4-8-17)13-14-20-21-15-24(27)29-23(21)16-22(20)30-25(28)18-9-5-2-6-10-18/h1-10,13-14,20-23H,11-12,15-16H2. The molecule has 0 aromatic heterocycles. The molecule has 2 aromatic rings. The lowest BCUT2D eigenvalue weighted by atomic mass is 9.91. The molecule has 0 bridgehead atoms. The van der Waals surface area contributed by atoms with E-state index in [1.54, 1.807) is 30.3 Å². The Hall–Kier alpha value is -3.21. The van der Waals surface area contributed by atoms with Crippen LogP contribution in [0.1, 0.15) is 35.2 Å². The second-order valence-corrected chi connectivity index (χ2v) is 7.83. The molecule has 2 fully saturated rings. The lowest BCUT2D eigenvalue weighted by Gasteiger charge is -2.20. The third-order valence-electron chi connectivity index (χ3n) is 5.83. The molecule has 0 N–H and O–H groups in total. The monoisotopic (exact) mass is 404 g/mol. The highest BCUT2D eigenvalue weighted by molar-refractivity contribution is 5.90. The van der Waals surface area contributed by atoms with E-state index in [9.17, 15) is 14.4 Å². The van der Waals surface area contributed by atoms with Gasteiger partial charge in [0, 0.05) is 24.7 Å². The van der Waals surface area contributed by atoms with E-state index in [1.165, 1.54) is 0 Å². The third kappa shape index (κ3) is 4.67. The molecule has 5 heteroatoms. The molecule has 154 valence electrons. The SMILES string of the molecule is O=C(C=CC1C(OC(=O)c2ccccc2)CC2OC(=O)CC21)CCc1ccccc1. The molecule has 4 atom stereocenters. The minimum Gasteiger partial charge on any atom is -0.462 e. The number of hydrogen-bond acceptors (Lipinski definition) is 5. The predicted molar refractivity (Wildman–Crippen MR) is 111 cm³/mol. The minimum absolute atomic E-state index is 0.0145. The first-order chi connectivity index (χ1) is 14.6. The van der Waals surface area contributed by atoms with Crippen LogP contribution >= 0.6 is 0 Å². The maximum Gasteiger partial charge on any atom is 0.338 e. The van der Waals surface area contributed by atoms with Crippen LogP contribution in [0.15, 0.2) is 72.8 Å². The van der Waals surface area contributed by atoms with Gasteiger partial charge < -0.3 is 9.47 Å². The highest BCUT2D eigenvalue weighted by atomic mass is 16.6. The topological polar surface area (TPSA) is 69.7 Å². The minimum atomic E-state index is -0.418. The van der Waals surface area contributed by atoms with Crippen molar-refractivity contribution in [1.82, 2.24) is 0 Å². The fraction of sp³-hybridized carbons (Fsp3) is 0.320. The van der Waals surface area contributed by atoms with Crippen LogP contribution in [0.4, 0.5) is 0 Å². The number of hydrogen-bond donors (Lipinski definition) is 0. The van der Waals surface area contributed by atoms with E-state index in [4.69, 9.17) is 9.47 Å². The number of fused-ring (bicyclic) bond motifs is 1. The molecule has 2 aliphatic rings. The summed E-state index contributed by atoms with van der Waals surface area (Å²) < 4.78 is 11.1. The number of aryl methyl sites for hydroxylation is 1. The van der Waals surface area contributed by atoms with E-state index in [1.807, 2.05) is 42.5 Å². The van der Waals surface area contributed by atoms with Crippen molar-refractivity contribution in [2.24, 2.45) is 11.8 Å². The number of allylic oxidation sites excluding steroid dienone is 1. The number of ketones is 1. The van der Waals surface area contributed by atoms with Crippen LogP contribution in [0.25, 0.3) is 0 Å². The second-order valence-electron chi connectivity index (χ2n) is 7.83. The zero-order valence-corrected chi connectivity index (χ0v) is 16.6. The quantitative estimate of drug-likeness (QED) is 0.517. The molecule has 2 aromatic carbocycles. The highest BCUT2D eigenvalue weighted by Gasteiger charge is 2.50. The van der Waals surface area contributed by atoms with Gasteiger partial charge in [0.25, 0.3) is 0 Å². The molecular weight excluding hydrogens is 380 g/mol. The van der Waals surface area contributed by atoms with Crippen LogP contribution in [-0.4, -0.2) is 29.9 Å². The summed E-state index contributed by atoms with van der Waals surface area (Å²) >= 11 is 0. The second kappa shape index (κ2) is 9.08. The van der Waals surface area contributed by atoms with Crippen LogP contribution < -0.4 is 0 Å². The zero-order valence-electron chi connectivity index (χ0n) is 16.6. The normalized spacial score (nSPS) is 25.1. The van der Waals surface area contributed by atoms with Crippen molar-refractivity contribution in [3.63, 3.8) is 0 Å². The molecule has 1 heterocycles. The molecule has 0 amide bonds. The average molecular weight is 404 g/mol. The summed E-state index contributed by atoms with van der Waals surface area (Å²) in [6.45, 7) is 0. The first-order valence-electron chi connectivity index (χ1n) is 10.3. The lowest BCUT2D eigenvalue weighted by Crippen LogP contribution is -2.25. The Morgan fingerprint density at radius 2 is 1.73 bits per heavy atom. The number of carbonyl (C=O) groups excluding carboxylic acids is 3. The number of ether oxygens (including phenoxy) is 2. The number of carbonyl (C=O) groups is 3. The first-order valence-corrected chi connectivity index (χ1v) is 10.3. The Bertz CT molecular complexity index is 935. The van der Waals surface area contributed by atoms with Crippen molar-refractivity contribution >= 4 is 17.7 Å². The fourth-order valence-electron chi connectivity index (χ4n) is 4.28. The summed E-state index contributed by atoms with van der Waals surface area (Å²) in [4.78, 5) is 36.6. The highest BCUT2D eigenvalue weighted by Crippen LogP contribution is 2.43. The Morgan fingerprint density at radius 3 is 2.47 bits per heavy atom. The molecule has 0 spiro atoms. The van der Waals surface area contributed by atoms with E-state index < -0.39 is 12.1 Å². The number of esters is 2. The third-order valence-corrected chi connectivity index (χ3v) is 5.83. The van der Waals surface area contributed by atoms with Crippen molar-refractivity contribution in [2.45, 2.75) is 37.9 Å². The van der Waals surface area contributed by atoms with E-state index >= 15 is 0 Å². The van der Waals surface area contributed by atoms with Gasteiger partial charge in [0.05, 0.1) is 12.0 Å². The van der Waals surface area contributed by atoms with Crippen LogP contribution in [0.5, 0.6) is 0 Å². The van der Waals surface area contributed by atoms with Gasteiger partial charge in [0.1, 0.15) is 12.2 Å². The van der Waals surface area contributed by atoms with Crippen molar-refractivity contribution in [1.29, 1.82) is 0 Å². The maximum atomic E-state index is 12.5. The molecule has 0 radical (unpaired) electrons. The van der Waals surface area contributed by atoms with Gasteiger partial charge in [-0.15, -0.1) is 0 Å². The Labute approximate surface area is 175 Å². The molecule has 1 aliphatic carbocycles. The van der Waals surface area contributed by atoms with E-state index in [0.29, 0.717) is 24.8 Å².